The molecule has 2 aromatic rings. The van der Waals surface area contributed by atoms with Crippen LogP contribution < -0.4 is 9.47 Å². The lowest BCUT2D eigenvalue weighted by Gasteiger charge is -2.09. The number of ether oxygens (including phenoxy) is 2. The number of hydrogen-bond acceptors (Lipinski definition) is 4. The van der Waals surface area contributed by atoms with Gasteiger partial charge in [-0.2, -0.15) is 0 Å². The van der Waals surface area contributed by atoms with Crippen LogP contribution in [0, 0.1) is 0 Å². The normalized spacial score (nSPS) is 10.2. The second-order valence-corrected chi connectivity index (χ2v) is 5.83. The van der Waals surface area contributed by atoms with Gasteiger partial charge in [-0.25, -0.2) is 0 Å². The molecule has 0 saturated carbocycles. The van der Waals surface area contributed by atoms with Crippen molar-refractivity contribution >= 4 is 27.5 Å². The Bertz CT molecular complexity index is 725. The summed E-state index contributed by atoms with van der Waals surface area (Å²) < 4.78 is 11.2. The van der Waals surface area contributed by atoms with Gasteiger partial charge in [-0.1, -0.05) is 34.1 Å². The fourth-order valence-electron chi connectivity index (χ4n) is 2.21. The summed E-state index contributed by atoms with van der Waals surface area (Å²) in [6.45, 7) is 0. The summed E-state index contributed by atoms with van der Waals surface area (Å²) in [5, 5.41) is 0. The van der Waals surface area contributed by atoms with Crippen LogP contribution >= 0.6 is 15.9 Å². The standard InChI is InChI=1S/C18H17BrO4/c1-22-17-8-7-13(10-18(17)23-2)16(21)11-14(20)9-12-5-3-4-6-15(12)19/h3-8,10H,9,11H2,1-2H3. The van der Waals surface area contributed by atoms with Gasteiger partial charge < -0.3 is 9.47 Å². The van der Waals surface area contributed by atoms with Gasteiger partial charge in [0.25, 0.3) is 0 Å². The zero-order chi connectivity index (χ0) is 16.8. The van der Waals surface area contributed by atoms with Gasteiger partial charge in [0, 0.05) is 16.5 Å². The van der Waals surface area contributed by atoms with Crippen molar-refractivity contribution in [2.75, 3.05) is 14.2 Å². The SMILES string of the molecule is COc1ccc(C(=O)CC(=O)Cc2ccccc2Br)cc1OC. The molecule has 0 amide bonds. The second-order valence-electron chi connectivity index (χ2n) is 4.98. The molecule has 0 aliphatic rings. The molecule has 0 aliphatic carbocycles. The van der Waals surface area contributed by atoms with E-state index < -0.39 is 0 Å². The molecule has 0 bridgehead atoms. The number of rotatable bonds is 7. The number of ketones is 2. The first-order valence-corrected chi connectivity index (χ1v) is 7.84. The van der Waals surface area contributed by atoms with Crippen molar-refractivity contribution in [1.29, 1.82) is 0 Å². The van der Waals surface area contributed by atoms with Gasteiger partial charge in [0.1, 0.15) is 5.78 Å². The first-order chi connectivity index (χ1) is 11.0. The summed E-state index contributed by atoms with van der Waals surface area (Å²) in [6, 6.07) is 12.4. The summed E-state index contributed by atoms with van der Waals surface area (Å²) in [7, 11) is 3.03. The molecule has 23 heavy (non-hydrogen) atoms. The van der Waals surface area contributed by atoms with Gasteiger partial charge in [-0.05, 0) is 29.8 Å². The van der Waals surface area contributed by atoms with E-state index >= 15 is 0 Å². The molecule has 0 saturated heterocycles. The van der Waals surface area contributed by atoms with Crippen molar-refractivity contribution in [2.45, 2.75) is 12.8 Å². The van der Waals surface area contributed by atoms with Gasteiger partial charge in [-0.3, -0.25) is 9.59 Å². The zero-order valence-electron chi connectivity index (χ0n) is 13.0. The molecular formula is C18H17BrO4. The summed E-state index contributed by atoms with van der Waals surface area (Å²) in [5.41, 5.74) is 1.31. The van der Waals surface area contributed by atoms with Gasteiger partial charge in [0.2, 0.25) is 0 Å². The Morgan fingerprint density at radius 2 is 1.70 bits per heavy atom. The maximum Gasteiger partial charge on any atom is 0.170 e. The van der Waals surface area contributed by atoms with Crippen LogP contribution in [-0.2, 0) is 11.2 Å². The molecule has 0 aromatic heterocycles. The number of methoxy groups -OCH3 is 2. The van der Waals surface area contributed by atoms with E-state index in [0.29, 0.717) is 17.1 Å². The average Bonchev–Trinajstić information content (AvgIpc) is 2.56. The van der Waals surface area contributed by atoms with E-state index in [1.54, 1.807) is 18.2 Å². The third-order valence-electron chi connectivity index (χ3n) is 3.41. The van der Waals surface area contributed by atoms with Crippen LogP contribution in [0.1, 0.15) is 22.3 Å². The van der Waals surface area contributed by atoms with E-state index in [1.807, 2.05) is 24.3 Å². The Morgan fingerprint density at radius 3 is 2.35 bits per heavy atom. The van der Waals surface area contributed by atoms with Crippen molar-refractivity contribution in [3.8, 4) is 11.5 Å². The molecule has 0 N–H and O–H groups in total. The van der Waals surface area contributed by atoms with E-state index in [0.717, 1.165) is 10.0 Å². The highest BCUT2D eigenvalue weighted by Crippen LogP contribution is 2.28. The lowest BCUT2D eigenvalue weighted by atomic mass is 10.0. The third-order valence-corrected chi connectivity index (χ3v) is 4.18. The molecule has 5 heteroatoms. The van der Waals surface area contributed by atoms with Crippen LogP contribution in [0.4, 0.5) is 0 Å². The highest BCUT2D eigenvalue weighted by atomic mass is 79.9. The fraction of sp³-hybridized carbons (Fsp3) is 0.222. The highest BCUT2D eigenvalue weighted by molar-refractivity contribution is 9.10. The number of halogens is 1. The van der Waals surface area contributed by atoms with Crippen molar-refractivity contribution in [1.82, 2.24) is 0 Å². The molecule has 0 aliphatic heterocycles. The van der Waals surface area contributed by atoms with E-state index in [1.165, 1.54) is 14.2 Å². The smallest absolute Gasteiger partial charge is 0.170 e. The van der Waals surface area contributed by atoms with Gasteiger partial charge >= 0.3 is 0 Å². The predicted octanol–water partition coefficient (Wildman–Crippen LogP) is 3.85. The number of carbonyl (C=O) groups excluding carboxylic acids is 2. The lowest BCUT2D eigenvalue weighted by Crippen LogP contribution is -2.11. The molecule has 0 spiro atoms. The van der Waals surface area contributed by atoms with E-state index in [2.05, 4.69) is 15.9 Å². The molecule has 2 aromatic carbocycles. The summed E-state index contributed by atoms with van der Waals surface area (Å²) in [5.74, 6) is 0.653. The van der Waals surface area contributed by atoms with Gasteiger partial charge in [0.05, 0.1) is 20.6 Å². The fourth-order valence-corrected chi connectivity index (χ4v) is 2.63. The third kappa shape index (κ3) is 4.42. The molecule has 0 radical (unpaired) electrons. The first kappa shape index (κ1) is 17.2. The maximum atomic E-state index is 12.3. The van der Waals surface area contributed by atoms with E-state index in [-0.39, 0.29) is 24.4 Å². The molecule has 4 nitrogen and oxygen atoms in total. The molecule has 2 rings (SSSR count). The van der Waals surface area contributed by atoms with Crippen molar-refractivity contribution in [2.24, 2.45) is 0 Å². The Labute approximate surface area is 143 Å². The quantitative estimate of drug-likeness (QED) is 0.543. The average molecular weight is 377 g/mol. The largest absolute Gasteiger partial charge is 0.493 e. The minimum Gasteiger partial charge on any atom is -0.493 e. The molecule has 120 valence electrons. The Kier molecular flexibility index (Phi) is 5.93. The zero-order valence-corrected chi connectivity index (χ0v) is 14.6. The van der Waals surface area contributed by atoms with Crippen LogP contribution in [-0.4, -0.2) is 25.8 Å². The molecule has 0 heterocycles. The number of carbonyl (C=O) groups is 2. The Morgan fingerprint density at radius 1 is 1.00 bits per heavy atom. The summed E-state index contributed by atoms with van der Waals surface area (Å²) >= 11 is 3.40. The molecule has 0 atom stereocenters. The van der Waals surface area contributed by atoms with Crippen molar-refractivity contribution in [3.05, 3.63) is 58.1 Å². The topological polar surface area (TPSA) is 52.6 Å². The van der Waals surface area contributed by atoms with E-state index in [9.17, 15) is 9.59 Å². The lowest BCUT2D eigenvalue weighted by molar-refractivity contribution is -0.117. The monoisotopic (exact) mass is 376 g/mol. The number of Topliss-reactive ketones (excluding diaryl/α,β-unsaturated/α-hetero) is 2. The van der Waals surface area contributed by atoms with Crippen LogP contribution in [0.15, 0.2) is 46.9 Å². The first-order valence-electron chi connectivity index (χ1n) is 7.05. The van der Waals surface area contributed by atoms with Crippen LogP contribution in [0.5, 0.6) is 11.5 Å². The van der Waals surface area contributed by atoms with Crippen molar-refractivity contribution < 1.29 is 19.1 Å². The van der Waals surface area contributed by atoms with Crippen LogP contribution in [0.3, 0.4) is 0 Å². The summed E-state index contributed by atoms with van der Waals surface area (Å²) in [4.78, 5) is 24.4. The molecular weight excluding hydrogens is 360 g/mol. The summed E-state index contributed by atoms with van der Waals surface area (Å²) in [6.07, 6.45) is 0.0806. The maximum absolute atomic E-state index is 12.3. The van der Waals surface area contributed by atoms with Gasteiger partial charge in [-0.15, -0.1) is 0 Å². The second kappa shape index (κ2) is 7.92. The minimum absolute atomic E-state index is 0.128. The number of benzene rings is 2. The Balaban J connectivity index is 2.07. The molecule has 0 unspecified atom stereocenters. The number of hydrogen-bond donors (Lipinski definition) is 0. The van der Waals surface area contributed by atoms with Crippen LogP contribution in [0.25, 0.3) is 0 Å². The van der Waals surface area contributed by atoms with Gasteiger partial charge in [0.15, 0.2) is 17.3 Å². The van der Waals surface area contributed by atoms with Crippen LogP contribution in [0.2, 0.25) is 0 Å². The van der Waals surface area contributed by atoms with E-state index in [4.69, 9.17) is 9.47 Å². The Hall–Kier alpha value is -2.14. The predicted molar refractivity (Wildman–Crippen MR) is 91.3 cm³/mol. The highest BCUT2D eigenvalue weighted by Gasteiger charge is 2.15. The van der Waals surface area contributed by atoms with Crippen molar-refractivity contribution in [3.63, 3.8) is 0 Å². The molecule has 0 fully saturated rings. The minimum atomic E-state index is -0.233.